The van der Waals surface area contributed by atoms with Crippen LogP contribution >= 0.6 is 0 Å². The summed E-state index contributed by atoms with van der Waals surface area (Å²) in [6.07, 6.45) is -2.76. The summed E-state index contributed by atoms with van der Waals surface area (Å²) in [4.78, 5) is 1.41. The number of hydrogen-bond donors (Lipinski definition) is 1. The molecule has 2 N–H and O–H groups in total. The highest BCUT2D eigenvalue weighted by molar-refractivity contribution is 4.81. The molecule has 1 unspecified atom stereocenters. The van der Waals surface area contributed by atoms with Crippen LogP contribution in [0.2, 0.25) is 0 Å². The number of rotatable bonds is 6. The third kappa shape index (κ3) is 4.38. The molecule has 5 heteroatoms. The number of hydrogen-bond acceptors (Lipinski definition) is 2. The SMILES string of the molecule is CCC(CC)N(C)C(CCN)C(F)(F)F. The van der Waals surface area contributed by atoms with Crippen molar-refractivity contribution in [3.8, 4) is 0 Å². The summed E-state index contributed by atoms with van der Waals surface area (Å²) in [5.41, 5.74) is 5.22. The van der Waals surface area contributed by atoms with Gasteiger partial charge in [0.1, 0.15) is 6.04 Å². The summed E-state index contributed by atoms with van der Waals surface area (Å²) < 4.78 is 38.1. The van der Waals surface area contributed by atoms with Gasteiger partial charge in [-0.05, 0) is 32.9 Å². The van der Waals surface area contributed by atoms with Gasteiger partial charge in [0.15, 0.2) is 0 Å². The molecular weight excluding hydrogens is 205 g/mol. The Hall–Kier alpha value is -0.290. The molecule has 0 aromatic rings. The molecule has 0 aliphatic heterocycles. The third-order valence-corrected chi connectivity index (χ3v) is 2.83. The summed E-state index contributed by atoms with van der Waals surface area (Å²) in [5, 5.41) is 0. The molecule has 0 saturated carbocycles. The van der Waals surface area contributed by atoms with Gasteiger partial charge in [0.2, 0.25) is 0 Å². The molecule has 0 bridgehead atoms. The van der Waals surface area contributed by atoms with Crippen LogP contribution in [0, 0.1) is 0 Å². The van der Waals surface area contributed by atoms with Crippen molar-refractivity contribution in [2.45, 2.75) is 51.4 Å². The van der Waals surface area contributed by atoms with Crippen molar-refractivity contribution in [2.75, 3.05) is 13.6 Å². The van der Waals surface area contributed by atoms with Crippen molar-refractivity contribution in [3.05, 3.63) is 0 Å². The van der Waals surface area contributed by atoms with Crippen molar-refractivity contribution in [1.29, 1.82) is 0 Å². The maximum absolute atomic E-state index is 12.7. The summed E-state index contributed by atoms with van der Waals surface area (Å²) in [6.45, 7) is 3.87. The topological polar surface area (TPSA) is 29.3 Å². The van der Waals surface area contributed by atoms with Crippen molar-refractivity contribution in [1.82, 2.24) is 4.90 Å². The van der Waals surface area contributed by atoms with Crippen LogP contribution in [0.5, 0.6) is 0 Å². The fourth-order valence-electron chi connectivity index (χ4n) is 1.88. The molecule has 0 fully saturated rings. The monoisotopic (exact) mass is 226 g/mol. The van der Waals surface area contributed by atoms with Crippen LogP contribution in [0.4, 0.5) is 13.2 Å². The van der Waals surface area contributed by atoms with Crippen LogP contribution in [-0.4, -0.2) is 36.8 Å². The maximum Gasteiger partial charge on any atom is 0.404 e. The summed E-state index contributed by atoms with van der Waals surface area (Å²) >= 11 is 0. The minimum Gasteiger partial charge on any atom is -0.330 e. The molecule has 0 aromatic carbocycles. The molecule has 0 aliphatic rings. The first-order valence-corrected chi connectivity index (χ1v) is 5.37. The van der Waals surface area contributed by atoms with E-state index in [2.05, 4.69) is 0 Å². The minimum atomic E-state index is -4.18. The second-order valence-corrected chi connectivity index (χ2v) is 3.77. The second kappa shape index (κ2) is 6.33. The van der Waals surface area contributed by atoms with E-state index in [1.54, 1.807) is 0 Å². The Bertz CT molecular complexity index is 167. The molecule has 0 spiro atoms. The van der Waals surface area contributed by atoms with Crippen LogP contribution in [-0.2, 0) is 0 Å². The van der Waals surface area contributed by atoms with Gasteiger partial charge in [-0.15, -0.1) is 0 Å². The average molecular weight is 226 g/mol. The summed E-state index contributed by atoms with van der Waals surface area (Å²) in [7, 11) is 1.53. The summed E-state index contributed by atoms with van der Waals surface area (Å²) in [6, 6.07) is -1.43. The first kappa shape index (κ1) is 14.7. The van der Waals surface area contributed by atoms with Gasteiger partial charge in [-0.25, -0.2) is 0 Å². The van der Waals surface area contributed by atoms with Gasteiger partial charge in [0, 0.05) is 6.04 Å². The van der Waals surface area contributed by atoms with Crippen LogP contribution in [0.25, 0.3) is 0 Å². The molecular formula is C10H21F3N2. The predicted octanol–water partition coefficient (Wildman–Crippen LogP) is 2.39. The lowest BCUT2D eigenvalue weighted by Gasteiger charge is -2.35. The molecule has 0 aliphatic carbocycles. The van der Waals surface area contributed by atoms with E-state index in [1.165, 1.54) is 11.9 Å². The fraction of sp³-hybridized carbons (Fsp3) is 1.00. The van der Waals surface area contributed by atoms with E-state index in [0.29, 0.717) is 0 Å². The Morgan fingerprint density at radius 3 is 1.93 bits per heavy atom. The Balaban J connectivity index is 4.60. The normalized spacial score (nSPS) is 15.0. The molecule has 1 atom stereocenters. The molecule has 15 heavy (non-hydrogen) atoms. The number of alkyl halides is 3. The van der Waals surface area contributed by atoms with Gasteiger partial charge in [-0.2, -0.15) is 13.2 Å². The van der Waals surface area contributed by atoms with E-state index in [0.717, 1.165) is 12.8 Å². The Morgan fingerprint density at radius 2 is 1.67 bits per heavy atom. The zero-order valence-electron chi connectivity index (χ0n) is 9.64. The van der Waals surface area contributed by atoms with E-state index in [4.69, 9.17) is 5.73 Å². The minimum absolute atomic E-state index is 0.0248. The van der Waals surface area contributed by atoms with Gasteiger partial charge in [-0.1, -0.05) is 13.8 Å². The van der Waals surface area contributed by atoms with Crippen LogP contribution in [0.15, 0.2) is 0 Å². The van der Waals surface area contributed by atoms with E-state index in [9.17, 15) is 13.2 Å². The second-order valence-electron chi connectivity index (χ2n) is 3.77. The molecule has 92 valence electrons. The Morgan fingerprint density at radius 1 is 1.20 bits per heavy atom. The first-order valence-electron chi connectivity index (χ1n) is 5.37. The third-order valence-electron chi connectivity index (χ3n) is 2.83. The maximum atomic E-state index is 12.7. The van der Waals surface area contributed by atoms with Gasteiger partial charge >= 0.3 is 6.18 Å². The highest BCUT2D eigenvalue weighted by atomic mass is 19.4. The van der Waals surface area contributed by atoms with Gasteiger partial charge in [0.25, 0.3) is 0 Å². The molecule has 0 heterocycles. The summed E-state index contributed by atoms with van der Waals surface area (Å²) in [5.74, 6) is 0. The fourth-order valence-corrected chi connectivity index (χ4v) is 1.88. The zero-order valence-corrected chi connectivity index (χ0v) is 9.64. The number of halogens is 3. The highest BCUT2D eigenvalue weighted by Crippen LogP contribution is 2.28. The largest absolute Gasteiger partial charge is 0.404 e. The number of nitrogens with two attached hydrogens (primary N) is 1. The molecule has 2 nitrogen and oxygen atoms in total. The van der Waals surface area contributed by atoms with Crippen molar-refractivity contribution < 1.29 is 13.2 Å². The van der Waals surface area contributed by atoms with Crippen LogP contribution in [0.3, 0.4) is 0 Å². The predicted molar refractivity (Wildman–Crippen MR) is 55.6 cm³/mol. The molecule has 0 saturated heterocycles. The quantitative estimate of drug-likeness (QED) is 0.753. The van der Waals surface area contributed by atoms with Crippen molar-refractivity contribution in [3.63, 3.8) is 0 Å². The van der Waals surface area contributed by atoms with Crippen molar-refractivity contribution in [2.24, 2.45) is 5.73 Å². The van der Waals surface area contributed by atoms with Crippen molar-refractivity contribution >= 4 is 0 Å². The lowest BCUT2D eigenvalue weighted by Crippen LogP contribution is -2.49. The molecule has 0 amide bonds. The van der Waals surface area contributed by atoms with E-state index < -0.39 is 12.2 Å². The lowest BCUT2D eigenvalue weighted by molar-refractivity contribution is -0.187. The Labute approximate surface area is 89.6 Å². The number of nitrogens with zero attached hydrogens (tertiary/aromatic N) is 1. The average Bonchev–Trinajstić information content (AvgIpc) is 2.14. The molecule has 0 radical (unpaired) electrons. The smallest absolute Gasteiger partial charge is 0.330 e. The van der Waals surface area contributed by atoms with Gasteiger partial charge < -0.3 is 5.73 Å². The van der Waals surface area contributed by atoms with Gasteiger partial charge in [-0.3, -0.25) is 4.90 Å². The zero-order chi connectivity index (χ0) is 12.1. The van der Waals surface area contributed by atoms with E-state index in [-0.39, 0.29) is 19.0 Å². The van der Waals surface area contributed by atoms with Gasteiger partial charge in [0.05, 0.1) is 0 Å². The van der Waals surface area contributed by atoms with Crippen LogP contribution in [0.1, 0.15) is 33.1 Å². The highest BCUT2D eigenvalue weighted by Gasteiger charge is 2.42. The Kier molecular flexibility index (Phi) is 6.20. The van der Waals surface area contributed by atoms with E-state index in [1.807, 2.05) is 13.8 Å². The standard InChI is InChI=1S/C10H21F3N2/c1-4-8(5-2)15(3)9(6-7-14)10(11,12)13/h8-9H,4-7,14H2,1-3H3. The van der Waals surface area contributed by atoms with Crippen LogP contribution < -0.4 is 5.73 Å². The first-order chi connectivity index (χ1) is 6.88. The molecule has 0 aromatic heterocycles. The molecule has 0 rings (SSSR count). The lowest BCUT2D eigenvalue weighted by atomic mass is 10.1. The van der Waals surface area contributed by atoms with E-state index >= 15 is 0 Å².